The zero-order valence-corrected chi connectivity index (χ0v) is 15.5. The van der Waals surface area contributed by atoms with Crippen molar-refractivity contribution < 1.29 is 14.7 Å². The molecule has 1 aliphatic rings. The van der Waals surface area contributed by atoms with Crippen LogP contribution in [-0.4, -0.2) is 29.3 Å². The minimum Gasteiger partial charge on any atom is -0.497 e. The smallest absolute Gasteiger partial charge is 0.274 e. The quantitative estimate of drug-likeness (QED) is 0.491. The molecule has 6 nitrogen and oxygen atoms in total. The molecule has 3 N–H and O–H groups in total. The van der Waals surface area contributed by atoms with Gasteiger partial charge in [-0.2, -0.15) is 0 Å². The third-order valence-corrected chi connectivity index (χ3v) is 5.32. The summed E-state index contributed by atoms with van der Waals surface area (Å²) in [5.41, 5.74) is 7.07. The molecular formula is C21H23N3O3. The van der Waals surface area contributed by atoms with E-state index < -0.39 is 5.91 Å². The molecule has 1 aliphatic heterocycles. The number of rotatable bonds is 4. The fourth-order valence-electron chi connectivity index (χ4n) is 3.98. The molecule has 0 aliphatic carbocycles. The largest absolute Gasteiger partial charge is 0.497 e. The van der Waals surface area contributed by atoms with Gasteiger partial charge in [-0.15, -0.1) is 0 Å². The number of hydrogen-bond donors (Lipinski definition) is 3. The predicted molar refractivity (Wildman–Crippen MR) is 103 cm³/mol. The molecule has 1 atom stereocenters. The molecule has 0 saturated carbocycles. The second-order valence-corrected chi connectivity index (χ2v) is 7.00. The lowest BCUT2D eigenvalue weighted by molar-refractivity contribution is 0.0706. The number of methoxy groups -OCH3 is 1. The van der Waals surface area contributed by atoms with Gasteiger partial charge in [0.15, 0.2) is 0 Å². The van der Waals surface area contributed by atoms with Crippen molar-refractivity contribution in [3.8, 4) is 5.75 Å². The Morgan fingerprint density at radius 2 is 2.07 bits per heavy atom. The number of aromatic nitrogens is 1. The van der Waals surface area contributed by atoms with Gasteiger partial charge in [0.2, 0.25) is 0 Å². The summed E-state index contributed by atoms with van der Waals surface area (Å²) in [5.74, 6) is 0.795. The summed E-state index contributed by atoms with van der Waals surface area (Å²) in [6, 6.07) is 13.5. The van der Waals surface area contributed by atoms with Crippen molar-refractivity contribution in [1.82, 2.24) is 15.4 Å². The molecule has 0 fully saturated rings. The molecule has 1 unspecified atom stereocenters. The number of benzene rings is 2. The van der Waals surface area contributed by atoms with E-state index in [0.29, 0.717) is 18.0 Å². The standard InChI is InChI=1S/C21H23N3O3/c1-13-10-22-11-19-20(13)17-9-16(27-2)7-8-18(17)24(19)12-14-3-5-15(6-4-14)21(25)23-26/h3-9,13,22,26H,10-12H2,1-2H3,(H,23,25). The van der Waals surface area contributed by atoms with E-state index in [2.05, 4.69) is 28.9 Å². The Labute approximate surface area is 157 Å². The van der Waals surface area contributed by atoms with Crippen molar-refractivity contribution in [3.63, 3.8) is 0 Å². The van der Waals surface area contributed by atoms with Gasteiger partial charge in [-0.25, -0.2) is 5.48 Å². The maximum Gasteiger partial charge on any atom is 0.274 e. The van der Waals surface area contributed by atoms with Crippen LogP contribution in [0.1, 0.15) is 40.0 Å². The van der Waals surface area contributed by atoms with E-state index >= 15 is 0 Å². The van der Waals surface area contributed by atoms with Gasteiger partial charge in [0, 0.05) is 41.8 Å². The average molecular weight is 365 g/mol. The molecule has 2 heterocycles. The van der Waals surface area contributed by atoms with Crippen molar-refractivity contribution >= 4 is 16.8 Å². The van der Waals surface area contributed by atoms with E-state index in [4.69, 9.17) is 9.94 Å². The van der Waals surface area contributed by atoms with Crippen LogP contribution in [0.4, 0.5) is 0 Å². The highest BCUT2D eigenvalue weighted by molar-refractivity contribution is 5.93. The first-order chi connectivity index (χ1) is 13.1. The summed E-state index contributed by atoms with van der Waals surface area (Å²) < 4.78 is 7.78. The number of carbonyl (C=O) groups excluding carboxylic acids is 1. The van der Waals surface area contributed by atoms with Crippen LogP contribution >= 0.6 is 0 Å². The summed E-state index contributed by atoms with van der Waals surface area (Å²) in [7, 11) is 1.69. The number of hydroxylamine groups is 1. The van der Waals surface area contributed by atoms with Gasteiger partial charge in [0.1, 0.15) is 5.75 Å². The van der Waals surface area contributed by atoms with Crippen LogP contribution in [0.25, 0.3) is 10.9 Å². The zero-order chi connectivity index (χ0) is 19.0. The highest BCUT2D eigenvalue weighted by Gasteiger charge is 2.25. The maximum atomic E-state index is 11.5. The van der Waals surface area contributed by atoms with Crippen LogP contribution in [0.5, 0.6) is 5.75 Å². The van der Waals surface area contributed by atoms with E-state index in [0.717, 1.165) is 24.4 Å². The lowest BCUT2D eigenvalue weighted by Gasteiger charge is -2.22. The summed E-state index contributed by atoms with van der Waals surface area (Å²) >= 11 is 0. The Kier molecular flexibility index (Phi) is 4.59. The van der Waals surface area contributed by atoms with Gasteiger partial charge in [0.05, 0.1) is 7.11 Å². The third kappa shape index (κ3) is 3.07. The number of nitrogens with zero attached hydrogens (tertiary/aromatic N) is 1. The van der Waals surface area contributed by atoms with Gasteiger partial charge in [-0.1, -0.05) is 19.1 Å². The fourth-order valence-corrected chi connectivity index (χ4v) is 3.98. The van der Waals surface area contributed by atoms with Crippen LogP contribution in [0.3, 0.4) is 0 Å². The molecule has 1 aromatic heterocycles. The SMILES string of the molecule is COc1ccc2c(c1)c1c(n2Cc2ccc(C(=O)NO)cc2)CNCC1C. The van der Waals surface area contributed by atoms with Gasteiger partial charge >= 0.3 is 0 Å². The average Bonchev–Trinajstić information content (AvgIpc) is 3.02. The highest BCUT2D eigenvalue weighted by Crippen LogP contribution is 2.36. The summed E-state index contributed by atoms with van der Waals surface area (Å²) in [4.78, 5) is 11.5. The summed E-state index contributed by atoms with van der Waals surface area (Å²) in [5, 5.41) is 13.5. The van der Waals surface area contributed by atoms with E-state index in [1.54, 1.807) is 24.7 Å². The van der Waals surface area contributed by atoms with E-state index in [1.165, 1.54) is 22.2 Å². The number of carbonyl (C=O) groups is 1. The molecule has 0 saturated heterocycles. The van der Waals surface area contributed by atoms with Crippen LogP contribution in [0, 0.1) is 0 Å². The molecule has 3 aromatic rings. The topological polar surface area (TPSA) is 75.5 Å². The molecule has 1 amide bonds. The predicted octanol–water partition coefficient (Wildman–Crippen LogP) is 3.02. The van der Waals surface area contributed by atoms with E-state index in [-0.39, 0.29) is 0 Å². The normalized spacial score (nSPS) is 16.2. The molecule has 140 valence electrons. The molecule has 6 heteroatoms. The first kappa shape index (κ1) is 17.6. The minimum atomic E-state index is -0.504. The maximum absolute atomic E-state index is 11.5. The van der Waals surface area contributed by atoms with Gasteiger partial charge in [-0.3, -0.25) is 10.0 Å². The first-order valence-electron chi connectivity index (χ1n) is 9.05. The second kappa shape index (κ2) is 7.06. The van der Waals surface area contributed by atoms with E-state index in [1.807, 2.05) is 18.2 Å². The number of nitrogens with one attached hydrogen (secondary N) is 2. The Morgan fingerprint density at radius 1 is 1.30 bits per heavy atom. The molecule has 4 rings (SSSR count). The lowest BCUT2D eigenvalue weighted by atomic mass is 9.94. The third-order valence-electron chi connectivity index (χ3n) is 5.32. The second-order valence-electron chi connectivity index (χ2n) is 7.00. The van der Waals surface area contributed by atoms with Crippen molar-refractivity contribution in [2.45, 2.75) is 25.9 Å². The molecular weight excluding hydrogens is 342 g/mol. The first-order valence-corrected chi connectivity index (χ1v) is 9.05. The number of fused-ring (bicyclic) bond motifs is 3. The fraction of sp³-hybridized carbons (Fsp3) is 0.286. The zero-order valence-electron chi connectivity index (χ0n) is 15.5. The van der Waals surface area contributed by atoms with Crippen molar-refractivity contribution in [3.05, 3.63) is 64.8 Å². The van der Waals surface area contributed by atoms with Crippen LogP contribution in [0.2, 0.25) is 0 Å². The summed E-state index contributed by atoms with van der Waals surface area (Å²) in [6.45, 7) is 4.76. The highest BCUT2D eigenvalue weighted by atomic mass is 16.5. The van der Waals surface area contributed by atoms with Gasteiger partial charge in [-0.05, 0) is 47.4 Å². The van der Waals surface area contributed by atoms with Crippen molar-refractivity contribution in [2.24, 2.45) is 0 Å². The number of hydrogen-bond acceptors (Lipinski definition) is 4. The van der Waals surface area contributed by atoms with Crippen LogP contribution in [0.15, 0.2) is 42.5 Å². The Hall–Kier alpha value is -2.83. The Bertz CT molecular complexity index is 992. The van der Waals surface area contributed by atoms with Crippen molar-refractivity contribution in [1.29, 1.82) is 0 Å². The van der Waals surface area contributed by atoms with Gasteiger partial charge in [0.25, 0.3) is 5.91 Å². The van der Waals surface area contributed by atoms with Crippen molar-refractivity contribution in [2.75, 3.05) is 13.7 Å². The Balaban J connectivity index is 1.78. The summed E-state index contributed by atoms with van der Waals surface area (Å²) in [6.07, 6.45) is 0. The molecule has 0 radical (unpaired) electrons. The van der Waals surface area contributed by atoms with Crippen LogP contribution < -0.4 is 15.5 Å². The number of ether oxygens (including phenoxy) is 1. The monoisotopic (exact) mass is 365 g/mol. The number of amides is 1. The molecule has 0 spiro atoms. The van der Waals surface area contributed by atoms with E-state index in [9.17, 15) is 4.79 Å². The molecule has 0 bridgehead atoms. The Morgan fingerprint density at radius 3 is 2.78 bits per heavy atom. The molecule has 2 aromatic carbocycles. The van der Waals surface area contributed by atoms with Gasteiger partial charge < -0.3 is 14.6 Å². The molecule has 27 heavy (non-hydrogen) atoms. The van der Waals surface area contributed by atoms with Crippen LogP contribution in [-0.2, 0) is 13.1 Å². The minimum absolute atomic E-state index is 0.431. The lowest BCUT2D eigenvalue weighted by Crippen LogP contribution is -2.28.